The Bertz CT molecular complexity index is 1060. The van der Waals surface area contributed by atoms with E-state index in [-0.39, 0.29) is 11.8 Å². The molecule has 156 valence electrons. The summed E-state index contributed by atoms with van der Waals surface area (Å²) in [6.45, 7) is 5.46. The number of pyridine rings is 1. The van der Waals surface area contributed by atoms with Crippen LogP contribution in [0.15, 0.2) is 35.9 Å². The molecule has 0 radical (unpaired) electrons. The maximum atomic E-state index is 12.8. The molecule has 30 heavy (non-hydrogen) atoms. The van der Waals surface area contributed by atoms with Gasteiger partial charge in [-0.25, -0.2) is 9.97 Å². The molecule has 0 bridgehead atoms. The van der Waals surface area contributed by atoms with Crippen LogP contribution in [0.3, 0.4) is 0 Å². The molecule has 1 aliphatic rings. The molecule has 0 aromatic carbocycles. The molecular weight excluding hydrogens is 396 g/mol. The largest absolute Gasteiger partial charge is 0.338 e. The van der Waals surface area contributed by atoms with Crippen molar-refractivity contribution in [1.29, 1.82) is 0 Å². The molecule has 8 heteroatoms. The van der Waals surface area contributed by atoms with Gasteiger partial charge in [0.2, 0.25) is 5.91 Å². The van der Waals surface area contributed by atoms with Gasteiger partial charge in [0.1, 0.15) is 5.82 Å². The van der Waals surface area contributed by atoms with E-state index in [0.717, 1.165) is 53.0 Å². The van der Waals surface area contributed by atoms with Crippen LogP contribution in [0.1, 0.15) is 41.4 Å². The van der Waals surface area contributed by atoms with Crippen LogP contribution in [0.4, 0.5) is 10.9 Å². The molecule has 1 N–H and O–H groups in total. The van der Waals surface area contributed by atoms with Gasteiger partial charge in [-0.15, -0.1) is 11.3 Å². The van der Waals surface area contributed by atoms with E-state index in [1.165, 1.54) is 0 Å². The molecule has 7 nitrogen and oxygen atoms in total. The maximum absolute atomic E-state index is 12.8. The minimum Gasteiger partial charge on any atom is -0.338 e. The number of nitrogens with zero attached hydrogens (tertiary/aromatic N) is 5. The van der Waals surface area contributed by atoms with Crippen molar-refractivity contribution in [2.75, 3.05) is 18.4 Å². The first kappa shape index (κ1) is 20.3. The molecule has 1 saturated heterocycles. The highest BCUT2D eigenvalue weighted by Gasteiger charge is 2.25. The molecule has 3 aromatic heterocycles. The average Bonchev–Trinajstić information content (AvgIpc) is 3.31. The molecule has 1 aliphatic heterocycles. The zero-order valence-electron chi connectivity index (χ0n) is 17.5. The van der Waals surface area contributed by atoms with Crippen molar-refractivity contribution in [2.45, 2.75) is 32.6 Å². The van der Waals surface area contributed by atoms with Gasteiger partial charge in [-0.05, 0) is 44.9 Å². The van der Waals surface area contributed by atoms with Gasteiger partial charge < -0.3 is 10.2 Å². The minimum absolute atomic E-state index is 0.0458. The fourth-order valence-electron chi connectivity index (χ4n) is 3.79. The highest BCUT2D eigenvalue weighted by molar-refractivity contribution is 7.13. The summed E-state index contributed by atoms with van der Waals surface area (Å²) in [6, 6.07) is 5.74. The Labute approximate surface area is 180 Å². The van der Waals surface area contributed by atoms with E-state index in [4.69, 9.17) is 4.98 Å². The average molecular weight is 423 g/mol. The monoisotopic (exact) mass is 422 g/mol. The summed E-state index contributed by atoms with van der Waals surface area (Å²) in [5.41, 5.74) is 4.05. The predicted octanol–water partition coefficient (Wildman–Crippen LogP) is 4.05. The van der Waals surface area contributed by atoms with E-state index in [1.807, 2.05) is 54.8 Å². The summed E-state index contributed by atoms with van der Waals surface area (Å²) in [6.07, 6.45) is 7.34. The number of thiazole rings is 1. The lowest BCUT2D eigenvalue weighted by molar-refractivity contribution is -0.127. The van der Waals surface area contributed by atoms with Crippen molar-refractivity contribution in [2.24, 2.45) is 7.05 Å². The third-order valence-electron chi connectivity index (χ3n) is 5.53. The van der Waals surface area contributed by atoms with E-state index in [1.54, 1.807) is 23.6 Å². The second-order valence-electron chi connectivity index (χ2n) is 7.58. The number of piperidine rings is 1. The number of hydrogen-bond donors (Lipinski definition) is 1. The van der Waals surface area contributed by atoms with Gasteiger partial charge in [-0.2, -0.15) is 5.10 Å². The third kappa shape index (κ3) is 4.43. The summed E-state index contributed by atoms with van der Waals surface area (Å²) in [5, 5.41) is 10.6. The quantitative estimate of drug-likeness (QED) is 0.628. The standard InChI is InChI=1S/C22H26N6OS/c1-15-18(16(2)27(3)26-15)9-10-21(29)28-12-6-7-17(13-28)19-14-30-22(24-19)25-20-8-4-5-11-23-20/h4-5,8-11,14,17H,6-7,12-13H2,1-3H3,(H,23,24,25)/b10-9+/t17-/m1/s1. The topological polar surface area (TPSA) is 75.9 Å². The number of likely N-dealkylation sites (tertiary alicyclic amines) is 1. The van der Waals surface area contributed by atoms with Crippen molar-refractivity contribution in [1.82, 2.24) is 24.6 Å². The second-order valence-corrected chi connectivity index (χ2v) is 8.44. The number of nitrogens with one attached hydrogen (secondary N) is 1. The van der Waals surface area contributed by atoms with Crippen LogP contribution in [0.2, 0.25) is 0 Å². The maximum Gasteiger partial charge on any atom is 0.246 e. The fraction of sp³-hybridized carbons (Fsp3) is 0.364. The molecule has 3 aromatic rings. The van der Waals surface area contributed by atoms with Crippen LogP contribution in [0.5, 0.6) is 0 Å². The lowest BCUT2D eigenvalue weighted by atomic mass is 9.95. The number of rotatable bonds is 5. The summed E-state index contributed by atoms with van der Waals surface area (Å²) >= 11 is 1.57. The van der Waals surface area contributed by atoms with Crippen molar-refractivity contribution in [3.63, 3.8) is 0 Å². The molecule has 4 heterocycles. The van der Waals surface area contributed by atoms with Gasteiger partial charge in [0.15, 0.2) is 5.13 Å². The van der Waals surface area contributed by atoms with E-state index in [9.17, 15) is 4.79 Å². The summed E-state index contributed by atoms with van der Waals surface area (Å²) in [4.78, 5) is 23.7. The van der Waals surface area contributed by atoms with Gasteiger partial charge in [-0.3, -0.25) is 9.48 Å². The molecule has 1 amide bonds. The fourth-order valence-corrected chi connectivity index (χ4v) is 4.59. The van der Waals surface area contributed by atoms with Crippen LogP contribution in [-0.2, 0) is 11.8 Å². The molecule has 0 aliphatic carbocycles. The van der Waals surface area contributed by atoms with Crippen molar-refractivity contribution in [3.05, 3.63) is 58.5 Å². The first-order valence-electron chi connectivity index (χ1n) is 10.1. The normalized spacial score (nSPS) is 16.9. The van der Waals surface area contributed by atoms with Crippen molar-refractivity contribution < 1.29 is 4.79 Å². The Morgan fingerprint density at radius 3 is 2.93 bits per heavy atom. The number of anilines is 2. The number of aryl methyl sites for hydroxylation is 2. The highest BCUT2D eigenvalue weighted by atomic mass is 32.1. The summed E-state index contributed by atoms with van der Waals surface area (Å²) in [5.74, 6) is 1.09. The number of carbonyl (C=O) groups excluding carboxylic acids is 1. The number of hydrogen-bond acceptors (Lipinski definition) is 6. The van der Waals surface area contributed by atoms with E-state index < -0.39 is 0 Å². The van der Waals surface area contributed by atoms with E-state index in [0.29, 0.717) is 6.54 Å². The molecule has 0 saturated carbocycles. The summed E-state index contributed by atoms with van der Waals surface area (Å²) < 4.78 is 1.84. The number of amides is 1. The van der Waals surface area contributed by atoms with Crippen LogP contribution in [0, 0.1) is 13.8 Å². The lowest BCUT2D eigenvalue weighted by Crippen LogP contribution is -2.38. The molecule has 0 unspecified atom stereocenters. The molecular formula is C22H26N6OS. The Morgan fingerprint density at radius 1 is 1.33 bits per heavy atom. The molecule has 4 rings (SSSR count). The van der Waals surface area contributed by atoms with E-state index in [2.05, 4.69) is 20.8 Å². The van der Waals surface area contributed by atoms with Crippen molar-refractivity contribution >= 4 is 34.3 Å². The molecule has 1 fully saturated rings. The van der Waals surface area contributed by atoms with Gasteiger partial charge in [-0.1, -0.05) is 6.07 Å². The smallest absolute Gasteiger partial charge is 0.246 e. The molecule has 0 spiro atoms. The zero-order chi connectivity index (χ0) is 21.1. The summed E-state index contributed by atoms with van der Waals surface area (Å²) in [7, 11) is 1.92. The van der Waals surface area contributed by atoms with Crippen molar-refractivity contribution in [3.8, 4) is 0 Å². The van der Waals surface area contributed by atoms with Gasteiger partial charge in [0.25, 0.3) is 0 Å². The Hall–Kier alpha value is -3.00. The minimum atomic E-state index is 0.0458. The van der Waals surface area contributed by atoms with Crippen LogP contribution in [-0.4, -0.2) is 43.6 Å². The van der Waals surface area contributed by atoms with E-state index >= 15 is 0 Å². The predicted molar refractivity (Wildman–Crippen MR) is 120 cm³/mol. The number of carbonyl (C=O) groups is 1. The first-order valence-corrected chi connectivity index (χ1v) is 11.0. The van der Waals surface area contributed by atoms with Crippen LogP contribution >= 0.6 is 11.3 Å². The zero-order valence-corrected chi connectivity index (χ0v) is 18.3. The first-order chi connectivity index (χ1) is 14.5. The Kier molecular flexibility index (Phi) is 5.94. The second kappa shape index (κ2) is 8.79. The molecule has 1 atom stereocenters. The number of aromatic nitrogens is 4. The van der Waals surface area contributed by atoms with Gasteiger partial charge in [0.05, 0.1) is 11.4 Å². The Morgan fingerprint density at radius 2 is 2.20 bits per heavy atom. The SMILES string of the molecule is Cc1nn(C)c(C)c1/C=C/C(=O)N1CCC[C@@H](c2csc(Nc3ccccn3)n2)C1. The van der Waals surface area contributed by atoms with Gasteiger partial charge >= 0.3 is 0 Å². The van der Waals surface area contributed by atoms with Crippen LogP contribution in [0.25, 0.3) is 6.08 Å². The van der Waals surface area contributed by atoms with Crippen LogP contribution < -0.4 is 5.32 Å². The third-order valence-corrected chi connectivity index (χ3v) is 6.31. The lowest BCUT2D eigenvalue weighted by Gasteiger charge is -2.31. The highest BCUT2D eigenvalue weighted by Crippen LogP contribution is 2.30. The Balaban J connectivity index is 1.41. The van der Waals surface area contributed by atoms with Gasteiger partial charge in [0, 0.05) is 55.0 Å².